The van der Waals surface area contributed by atoms with E-state index in [0.717, 1.165) is 17.7 Å². The van der Waals surface area contributed by atoms with E-state index in [4.69, 9.17) is 17.0 Å². The van der Waals surface area contributed by atoms with Gasteiger partial charge in [0.2, 0.25) is 0 Å². The van der Waals surface area contributed by atoms with Crippen LogP contribution in [0.3, 0.4) is 0 Å². The minimum absolute atomic E-state index is 0.0281. The third-order valence-electron chi connectivity index (χ3n) is 6.56. The van der Waals surface area contributed by atoms with Crippen molar-refractivity contribution in [2.24, 2.45) is 0 Å². The molecule has 2 aromatic carbocycles. The average Bonchev–Trinajstić information content (AvgIpc) is 2.76. The third-order valence-corrected chi connectivity index (χ3v) is 6.84. The van der Waals surface area contributed by atoms with Crippen LogP contribution < -0.4 is 19.9 Å². The molecule has 1 N–H and O–H groups in total. The molecule has 2 aromatic rings. The highest BCUT2D eigenvalue weighted by Gasteiger charge is 2.37. The van der Waals surface area contributed by atoms with Gasteiger partial charge in [0.05, 0.1) is 12.3 Å². The highest BCUT2D eigenvalue weighted by molar-refractivity contribution is 7.80. The van der Waals surface area contributed by atoms with E-state index < -0.39 is 17.6 Å². The fourth-order valence-corrected chi connectivity index (χ4v) is 4.90. The molecule has 0 spiro atoms. The molecule has 2 aliphatic rings. The van der Waals surface area contributed by atoms with Gasteiger partial charge in [-0.15, -0.1) is 0 Å². The van der Waals surface area contributed by atoms with E-state index in [2.05, 4.69) is 31.0 Å². The minimum atomic E-state index is -0.652. The number of carbonyl (C=O) groups is 2. The maximum atomic E-state index is 15.2. The number of ether oxygens (including phenoxy) is 1. The lowest BCUT2D eigenvalue weighted by Gasteiger charge is -2.45. The summed E-state index contributed by atoms with van der Waals surface area (Å²) in [6.45, 7) is 8.76. The Morgan fingerprint density at radius 3 is 2.56 bits per heavy atom. The number of hydrogen-bond donors (Lipinski definition) is 1. The number of thiocarbonyl (C=S) groups is 1. The summed E-state index contributed by atoms with van der Waals surface area (Å²) in [5.41, 5.74) is 2.19. The first-order valence-corrected chi connectivity index (χ1v) is 11.7. The van der Waals surface area contributed by atoms with Gasteiger partial charge in [-0.05, 0) is 93.4 Å². The molecule has 1 unspecified atom stereocenters. The first kappa shape index (κ1) is 23.9. The number of carbonyl (C=O) groups excluding carboxylic acids is 2. The van der Waals surface area contributed by atoms with Gasteiger partial charge in [-0.2, -0.15) is 0 Å². The van der Waals surface area contributed by atoms with Crippen molar-refractivity contribution >= 4 is 46.6 Å². The molecule has 1 fully saturated rings. The Morgan fingerprint density at radius 1 is 1.24 bits per heavy atom. The van der Waals surface area contributed by atoms with E-state index in [0.29, 0.717) is 18.0 Å². The van der Waals surface area contributed by atoms with Crippen molar-refractivity contribution in [2.75, 3.05) is 23.5 Å². The maximum absolute atomic E-state index is 15.2. The zero-order valence-electron chi connectivity index (χ0n) is 19.9. The van der Waals surface area contributed by atoms with Gasteiger partial charge < -0.3 is 9.64 Å². The molecule has 0 bridgehead atoms. The minimum Gasteiger partial charge on any atom is -0.494 e. The Balaban J connectivity index is 1.72. The second-order valence-corrected chi connectivity index (χ2v) is 9.68. The average molecular weight is 482 g/mol. The second kappa shape index (κ2) is 8.83. The molecule has 34 heavy (non-hydrogen) atoms. The number of anilines is 2. The Bertz CT molecular complexity index is 1210. The molecule has 178 valence electrons. The van der Waals surface area contributed by atoms with Crippen molar-refractivity contribution in [2.45, 2.75) is 45.6 Å². The van der Waals surface area contributed by atoms with Crippen LogP contribution in [-0.4, -0.2) is 36.1 Å². The molecule has 1 atom stereocenters. The number of nitrogens with zero attached hydrogens (tertiary/aromatic N) is 2. The van der Waals surface area contributed by atoms with Crippen LogP contribution in [0.15, 0.2) is 42.0 Å². The van der Waals surface area contributed by atoms with Gasteiger partial charge in [0.15, 0.2) is 5.11 Å². The van der Waals surface area contributed by atoms with Gasteiger partial charge in [-0.3, -0.25) is 19.8 Å². The predicted molar refractivity (Wildman–Crippen MR) is 136 cm³/mol. The Labute approximate surface area is 204 Å². The summed E-state index contributed by atoms with van der Waals surface area (Å²) in [5, 5.41) is 2.52. The van der Waals surface area contributed by atoms with E-state index in [1.165, 1.54) is 17.0 Å². The summed E-state index contributed by atoms with van der Waals surface area (Å²) in [7, 11) is 1.95. The van der Waals surface area contributed by atoms with Gasteiger partial charge in [0.25, 0.3) is 11.8 Å². The number of halogens is 1. The van der Waals surface area contributed by atoms with Gasteiger partial charge in [0, 0.05) is 23.8 Å². The highest BCUT2D eigenvalue weighted by Crippen LogP contribution is 2.43. The zero-order chi connectivity index (χ0) is 24.8. The molecule has 2 heterocycles. The van der Waals surface area contributed by atoms with Crippen LogP contribution in [0.5, 0.6) is 5.75 Å². The molecule has 1 saturated heterocycles. The molecule has 0 aromatic heterocycles. The summed E-state index contributed by atoms with van der Waals surface area (Å²) in [5.74, 6) is -0.908. The van der Waals surface area contributed by atoms with Crippen LogP contribution in [0.1, 0.15) is 51.2 Å². The SMILES string of the molecule is CCOc1ccc(N2C(=O)/C(=C\c3cc4c(cc3F)N(C)C(C)(C)CC4C)C(=O)NC2=S)cc1. The number of rotatable bonds is 4. The quantitative estimate of drug-likeness (QED) is 0.387. The van der Waals surface area contributed by atoms with Crippen molar-refractivity contribution < 1.29 is 18.7 Å². The van der Waals surface area contributed by atoms with Crippen molar-refractivity contribution in [3.63, 3.8) is 0 Å². The predicted octanol–water partition coefficient (Wildman–Crippen LogP) is 4.78. The summed E-state index contributed by atoms with van der Waals surface area (Å²) < 4.78 is 20.6. The molecule has 0 radical (unpaired) electrons. The monoisotopic (exact) mass is 481 g/mol. The Morgan fingerprint density at radius 2 is 1.91 bits per heavy atom. The van der Waals surface area contributed by atoms with Gasteiger partial charge in [0.1, 0.15) is 17.1 Å². The lowest BCUT2D eigenvalue weighted by Crippen LogP contribution is -2.54. The molecule has 6 nitrogen and oxygen atoms in total. The number of fused-ring (bicyclic) bond motifs is 1. The normalized spacial score (nSPS) is 20.9. The highest BCUT2D eigenvalue weighted by atomic mass is 32.1. The van der Waals surface area contributed by atoms with Crippen molar-refractivity contribution in [1.29, 1.82) is 0 Å². The zero-order valence-corrected chi connectivity index (χ0v) is 20.8. The molecule has 0 aliphatic carbocycles. The molecule has 2 amide bonds. The van der Waals surface area contributed by atoms with E-state index in [1.807, 2.05) is 14.0 Å². The Hall–Kier alpha value is -3.26. The first-order chi connectivity index (χ1) is 16.0. The van der Waals surface area contributed by atoms with Crippen LogP contribution in [0, 0.1) is 5.82 Å². The fraction of sp³-hybridized carbons (Fsp3) is 0.346. The van der Waals surface area contributed by atoms with Crippen LogP contribution in [0.2, 0.25) is 0 Å². The van der Waals surface area contributed by atoms with E-state index in [9.17, 15) is 9.59 Å². The van der Waals surface area contributed by atoms with Crippen LogP contribution in [0.4, 0.5) is 15.8 Å². The largest absolute Gasteiger partial charge is 0.494 e. The third kappa shape index (κ3) is 4.18. The number of nitrogens with one attached hydrogen (secondary N) is 1. The lowest BCUT2D eigenvalue weighted by atomic mass is 9.80. The standard InChI is InChI=1S/C26H28FN3O3S/c1-6-33-18-9-7-17(8-10-18)30-24(32)20(23(31)28-25(30)34)12-16-11-19-15(2)14-26(3,4)29(5)22(19)13-21(16)27/h7-13,15H,6,14H2,1-5H3,(H,28,31,34)/b20-12-. The molecule has 2 aliphatic heterocycles. The van der Waals surface area contributed by atoms with E-state index in [1.54, 1.807) is 30.3 Å². The molecular weight excluding hydrogens is 453 g/mol. The van der Waals surface area contributed by atoms with Crippen LogP contribution in [-0.2, 0) is 9.59 Å². The van der Waals surface area contributed by atoms with E-state index in [-0.39, 0.29) is 27.7 Å². The number of benzene rings is 2. The van der Waals surface area contributed by atoms with Crippen molar-refractivity contribution in [1.82, 2.24) is 5.32 Å². The van der Waals surface area contributed by atoms with Gasteiger partial charge in [-0.1, -0.05) is 6.92 Å². The van der Waals surface area contributed by atoms with Gasteiger partial charge in [-0.25, -0.2) is 4.39 Å². The molecule has 0 saturated carbocycles. The van der Waals surface area contributed by atoms with Crippen molar-refractivity contribution in [3.8, 4) is 5.75 Å². The molecular formula is C26H28FN3O3S. The molecule has 4 rings (SSSR count). The summed E-state index contributed by atoms with van der Waals surface area (Å²) in [6.07, 6.45) is 2.21. The molecule has 8 heteroatoms. The fourth-order valence-electron chi connectivity index (χ4n) is 4.62. The summed E-state index contributed by atoms with van der Waals surface area (Å²) >= 11 is 5.26. The van der Waals surface area contributed by atoms with Crippen LogP contribution >= 0.6 is 12.2 Å². The van der Waals surface area contributed by atoms with Gasteiger partial charge >= 0.3 is 0 Å². The topological polar surface area (TPSA) is 61.9 Å². The summed E-state index contributed by atoms with van der Waals surface area (Å²) in [4.78, 5) is 29.3. The Kier molecular flexibility index (Phi) is 6.20. The second-order valence-electron chi connectivity index (χ2n) is 9.29. The smallest absolute Gasteiger partial charge is 0.270 e. The number of hydrogen-bond acceptors (Lipinski definition) is 5. The lowest BCUT2D eigenvalue weighted by molar-refractivity contribution is -0.122. The summed E-state index contributed by atoms with van der Waals surface area (Å²) in [6, 6.07) is 10.0. The van der Waals surface area contributed by atoms with E-state index >= 15 is 4.39 Å². The number of amides is 2. The van der Waals surface area contributed by atoms with Crippen LogP contribution in [0.25, 0.3) is 6.08 Å². The van der Waals surface area contributed by atoms with Crippen molar-refractivity contribution in [3.05, 3.63) is 58.9 Å². The first-order valence-electron chi connectivity index (χ1n) is 11.2. The maximum Gasteiger partial charge on any atom is 0.270 e.